The van der Waals surface area contributed by atoms with Gasteiger partial charge in [-0.15, -0.1) is 22.7 Å². The lowest BCUT2D eigenvalue weighted by Crippen LogP contribution is -2.10. The molecular weight excluding hydrogens is 719 g/mol. The molecule has 0 amide bonds. The molecule has 9 aromatic carbocycles. The molecule has 262 valence electrons. The second kappa shape index (κ2) is 12.4. The molecule has 0 saturated carbocycles. The molecule has 3 heterocycles. The van der Waals surface area contributed by atoms with Crippen molar-refractivity contribution in [3.8, 4) is 22.3 Å². The quantitative estimate of drug-likeness (QED) is 0.174. The summed E-state index contributed by atoms with van der Waals surface area (Å²) in [7, 11) is 0. The van der Waals surface area contributed by atoms with Crippen LogP contribution in [0.3, 0.4) is 0 Å². The van der Waals surface area contributed by atoms with Gasteiger partial charge in [0.2, 0.25) is 0 Å². The third kappa shape index (κ3) is 4.80. The molecule has 0 aliphatic carbocycles. The first kappa shape index (κ1) is 31.6. The van der Waals surface area contributed by atoms with Crippen LogP contribution in [0.25, 0.3) is 95.3 Å². The molecule has 0 radical (unpaired) electrons. The van der Waals surface area contributed by atoms with Crippen LogP contribution < -0.4 is 4.90 Å². The molecule has 0 saturated heterocycles. The highest BCUT2D eigenvalue weighted by Crippen LogP contribution is 2.48. The largest absolute Gasteiger partial charge is 0.453 e. The zero-order chi connectivity index (χ0) is 36.7. The van der Waals surface area contributed by atoms with Gasteiger partial charge in [-0.25, -0.2) is 0 Å². The number of hydrogen-bond acceptors (Lipinski definition) is 4. The maximum absolute atomic E-state index is 7.14. The van der Waals surface area contributed by atoms with Gasteiger partial charge in [0.15, 0.2) is 5.58 Å². The zero-order valence-electron chi connectivity index (χ0n) is 30.1. The normalized spacial score (nSPS) is 11.9. The van der Waals surface area contributed by atoms with E-state index < -0.39 is 0 Å². The van der Waals surface area contributed by atoms with E-state index in [-0.39, 0.29) is 0 Å². The molecule has 0 N–H and O–H groups in total. The molecule has 0 spiro atoms. The van der Waals surface area contributed by atoms with E-state index >= 15 is 0 Å². The first-order valence-corrected chi connectivity index (χ1v) is 20.5. The molecule has 12 aromatic rings. The lowest BCUT2D eigenvalue weighted by atomic mass is 9.96. The molecule has 56 heavy (non-hydrogen) atoms. The van der Waals surface area contributed by atoms with Crippen LogP contribution >= 0.6 is 22.7 Å². The molecule has 0 aliphatic heterocycles. The Morgan fingerprint density at radius 3 is 1.80 bits per heavy atom. The highest BCUT2D eigenvalue weighted by molar-refractivity contribution is 7.26. The van der Waals surface area contributed by atoms with Crippen molar-refractivity contribution in [2.24, 2.45) is 0 Å². The Morgan fingerprint density at radius 2 is 0.929 bits per heavy atom. The van der Waals surface area contributed by atoms with Crippen molar-refractivity contribution in [2.75, 3.05) is 4.90 Å². The van der Waals surface area contributed by atoms with Crippen LogP contribution in [0, 0.1) is 0 Å². The Morgan fingerprint density at radius 1 is 0.357 bits per heavy atom. The van der Waals surface area contributed by atoms with Gasteiger partial charge in [0.05, 0.1) is 11.4 Å². The number of fused-ring (bicyclic) bond motifs is 10. The molecule has 0 aliphatic rings. The summed E-state index contributed by atoms with van der Waals surface area (Å²) in [5.74, 6) is 0. The zero-order valence-corrected chi connectivity index (χ0v) is 31.7. The van der Waals surface area contributed by atoms with Gasteiger partial charge in [-0.05, 0) is 70.6 Å². The van der Waals surface area contributed by atoms with Gasteiger partial charge in [-0.2, -0.15) is 0 Å². The highest BCUT2D eigenvalue weighted by Gasteiger charge is 2.23. The van der Waals surface area contributed by atoms with Crippen LogP contribution in [0.5, 0.6) is 0 Å². The molecule has 4 heteroatoms. The predicted octanol–water partition coefficient (Wildman–Crippen LogP) is 16.3. The van der Waals surface area contributed by atoms with E-state index in [2.05, 4.69) is 193 Å². The lowest BCUT2D eigenvalue weighted by Gasteiger charge is -2.26. The molecule has 12 rings (SSSR count). The van der Waals surface area contributed by atoms with Gasteiger partial charge >= 0.3 is 0 Å². The van der Waals surface area contributed by atoms with Crippen LogP contribution in [0.1, 0.15) is 0 Å². The van der Waals surface area contributed by atoms with Crippen LogP contribution in [-0.4, -0.2) is 0 Å². The van der Waals surface area contributed by atoms with E-state index in [0.717, 1.165) is 44.6 Å². The topological polar surface area (TPSA) is 16.4 Å². The Labute approximate surface area is 330 Å². The predicted molar refractivity (Wildman–Crippen MR) is 243 cm³/mol. The smallest absolute Gasteiger partial charge is 0.159 e. The van der Waals surface area contributed by atoms with Crippen LogP contribution in [0.15, 0.2) is 192 Å². The number of benzene rings is 9. The standard InChI is InChI=1S/C52H31NOS2/c1-2-14-35(15-3-1)53(44-22-8-13-32-12-4-5-16-36(32)44)45-23-10-21-42-41-20-9-19-40(51(41)54-52(42)45)39-18-11-25-47-50(39)43-29-27-34(31-49(43)56-47)33-26-28-38-37-17-6-7-24-46(37)55-48(38)30-33/h1-31H. The van der Waals surface area contributed by atoms with E-state index in [1.807, 2.05) is 22.7 Å². The Bertz CT molecular complexity index is 3490. The first-order valence-electron chi connectivity index (χ1n) is 18.9. The lowest BCUT2D eigenvalue weighted by molar-refractivity contribution is 0.670. The summed E-state index contributed by atoms with van der Waals surface area (Å²) >= 11 is 3.74. The second-order valence-electron chi connectivity index (χ2n) is 14.4. The molecule has 0 bridgehead atoms. The fourth-order valence-corrected chi connectivity index (χ4v) is 11.0. The number of anilines is 3. The number of para-hydroxylation sites is 3. The summed E-state index contributed by atoms with van der Waals surface area (Å²) in [6.45, 7) is 0. The van der Waals surface area contributed by atoms with E-state index in [1.54, 1.807) is 0 Å². The number of thiophene rings is 2. The van der Waals surface area contributed by atoms with E-state index in [0.29, 0.717) is 0 Å². The molecule has 0 atom stereocenters. The summed E-state index contributed by atoms with van der Waals surface area (Å²) in [5.41, 5.74) is 9.75. The Hall–Kier alpha value is -6.72. The van der Waals surface area contributed by atoms with Gasteiger partial charge in [0, 0.05) is 67.8 Å². The van der Waals surface area contributed by atoms with E-state index in [1.165, 1.54) is 67.8 Å². The van der Waals surface area contributed by atoms with Crippen molar-refractivity contribution >= 4 is 113 Å². The number of furan rings is 1. The molecule has 3 aromatic heterocycles. The molecular formula is C52H31NOS2. The summed E-state index contributed by atoms with van der Waals surface area (Å²) in [5, 5.41) is 9.80. The van der Waals surface area contributed by atoms with Gasteiger partial charge in [0.25, 0.3) is 0 Å². The maximum atomic E-state index is 7.14. The van der Waals surface area contributed by atoms with Crippen molar-refractivity contribution < 1.29 is 4.42 Å². The second-order valence-corrected chi connectivity index (χ2v) is 16.6. The van der Waals surface area contributed by atoms with Gasteiger partial charge in [0.1, 0.15) is 5.58 Å². The Balaban J connectivity index is 1.03. The van der Waals surface area contributed by atoms with Gasteiger partial charge in [-0.1, -0.05) is 140 Å². The number of rotatable bonds is 5. The molecule has 0 unspecified atom stereocenters. The van der Waals surface area contributed by atoms with Crippen LogP contribution in [0.2, 0.25) is 0 Å². The van der Waals surface area contributed by atoms with Crippen LogP contribution in [0.4, 0.5) is 17.1 Å². The highest BCUT2D eigenvalue weighted by atomic mass is 32.1. The fraction of sp³-hybridized carbons (Fsp3) is 0. The van der Waals surface area contributed by atoms with Crippen molar-refractivity contribution in [3.63, 3.8) is 0 Å². The minimum absolute atomic E-state index is 0.870. The molecule has 2 nitrogen and oxygen atoms in total. The minimum atomic E-state index is 0.870. The van der Waals surface area contributed by atoms with E-state index in [4.69, 9.17) is 4.42 Å². The monoisotopic (exact) mass is 749 g/mol. The van der Waals surface area contributed by atoms with E-state index in [9.17, 15) is 0 Å². The van der Waals surface area contributed by atoms with Gasteiger partial charge < -0.3 is 9.32 Å². The average molecular weight is 750 g/mol. The van der Waals surface area contributed by atoms with Crippen molar-refractivity contribution in [1.82, 2.24) is 0 Å². The van der Waals surface area contributed by atoms with Gasteiger partial charge in [-0.3, -0.25) is 0 Å². The molecule has 0 fully saturated rings. The summed E-state index contributed by atoms with van der Waals surface area (Å²) in [4.78, 5) is 2.34. The Kier molecular flexibility index (Phi) is 7.00. The fourth-order valence-electron chi connectivity index (χ4n) is 8.72. The number of nitrogens with zero attached hydrogens (tertiary/aromatic N) is 1. The van der Waals surface area contributed by atoms with Crippen molar-refractivity contribution in [2.45, 2.75) is 0 Å². The summed E-state index contributed by atoms with van der Waals surface area (Å²) < 4.78 is 12.4. The van der Waals surface area contributed by atoms with Crippen molar-refractivity contribution in [1.29, 1.82) is 0 Å². The van der Waals surface area contributed by atoms with Crippen molar-refractivity contribution in [3.05, 3.63) is 188 Å². The average Bonchev–Trinajstić information content (AvgIpc) is 3.95. The third-order valence-corrected chi connectivity index (χ3v) is 13.5. The summed E-state index contributed by atoms with van der Waals surface area (Å²) in [6.07, 6.45) is 0. The first-order chi connectivity index (χ1) is 27.8. The third-order valence-electron chi connectivity index (χ3n) is 11.3. The summed E-state index contributed by atoms with van der Waals surface area (Å²) in [6, 6.07) is 68.2. The van der Waals surface area contributed by atoms with Crippen LogP contribution in [-0.2, 0) is 0 Å². The maximum Gasteiger partial charge on any atom is 0.159 e. The number of hydrogen-bond donors (Lipinski definition) is 0. The SMILES string of the molecule is c1ccc(N(c2cccc3ccccc23)c2cccc3c2oc2c(-c4cccc5sc6cc(-c7ccc8c(c7)sc7ccccc78)ccc6c45)cccc23)cc1. The minimum Gasteiger partial charge on any atom is -0.453 e.